The van der Waals surface area contributed by atoms with Crippen LogP contribution in [0.3, 0.4) is 0 Å². The molecule has 290 valence electrons. The predicted molar refractivity (Wildman–Crippen MR) is 251 cm³/mol. The number of ether oxygens (including phenoxy) is 1. The van der Waals surface area contributed by atoms with Crippen LogP contribution in [0.5, 0.6) is 11.5 Å². The summed E-state index contributed by atoms with van der Waals surface area (Å²) >= 11 is 0. The maximum atomic E-state index is 7.18. The number of pyridine rings is 1. The molecule has 0 unspecified atom stereocenters. The van der Waals surface area contributed by atoms with Crippen molar-refractivity contribution >= 4 is 21.9 Å². The first kappa shape index (κ1) is 35.5. The van der Waals surface area contributed by atoms with Gasteiger partial charge in [0.2, 0.25) is 0 Å². The molecule has 0 bridgehead atoms. The van der Waals surface area contributed by atoms with Gasteiger partial charge >= 0.3 is 0 Å². The van der Waals surface area contributed by atoms with Crippen molar-refractivity contribution in [1.82, 2.24) is 15.0 Å². The summed E-state index contributed by atoms with van der Waals surface area (Å²) in [7, 11) is 0. The summed E-state index contributed by atoms with van der Waals surface area (Å²) in [4.78, 5) is 14.8. The highest BCUT2D eigenvalue weighted by Gasteiger charge is 2.24. The molecule has 0 amide bonds. The number of nitrogens with zero attached hydrogens (tertiary/aromatic N) is 3. The second-order valence-electron chi connectivity index (χ2n) is 15.5. The Labute approximate surface area is 358 Å². The van der Waals surface area contributed by atoms with E-state index in [0.29, 0.717) is 5.82 Å². The summed E-state index contributed by atoms with van der Waals surface area (Å²) in [6, 6.07) is 69.6. The zero-order valence-corrected chi connectivity index (χ0v) is 33.4. The highest BCUT2D eigenvalue weighted by molar-refractivity contribution is 6.08. The summed E-state index contributed by atoms with van der Waals surface area (Å²) in [5.41, 5.74) is 16.7. The molecule has 0 saturated carbocycles. The summed E-state index contributed by atoms with van der Waals surface area (Å²) in [6.45, 7) is 0. The van der Waals surface area contributed by atoms with Gasteiger partial charge in [-0.3, -0.25) is 4.98 Å². The largest absolute Gasteiger partial charge is 0.456 e. The van der Waals surface area contributed by atoms with Crippen LogP contribution in [-0.2, 0) is 0 Å². The van der Waals surface area contributed by atoms with E-state index in [9.17, 15) is 0 Å². The molecule has 12 rings (SSSR count). The predicted octanol–water partition coefficient (Wildman–Crippen LogP) is 15.2. The molecule has 8 aromatic carbocycles. The van der Waals surface area contributed by atoms with Gasteiger partial charge in [-0.15, -0.1) is 0 Å². The summed E-state index contributed by atoms with van der Waals surface area (Å²) in [5, 5.41) is 2.03. The van der Waals surface area contributed by atoms with Crippen LogP contribution in [0.15, 0.2) is 217 Å². The quantitative estimate of drug-likeness (QED) is 0.178. The average molecular weight is 794 g/mol. The number of aromatic nitrogens is 3. The Balaban J connectivity index is 1.12. The fourth-order valence-corrected chi connectivity index (χ4v) is 8.84. The van der Waals surface area contributed by atoms with Gasteiger partial charge in [0.15, 0.2) is 5.82 Å². The van der Waals surface area contributed by atoms with Crippen molar-refractivity contribution < 1.29 is 9.15 Å². The third-order valence-corrected chi connectivity index (χ3v) is 11.8. The van der Waals surface area contributed by atoms with Crippen molar-refractivity contribution in [3.8, 4) is 101 Å². The lowest BCUT2D eigenvalue weighted by atomic mass is 9.85. The van der Waals surface area contributed by atoms with E-state index in [1.165, 1.54) is 0 Å². The maximum absolute atomic E-state index is 7.18. The van der Waals surface area contributed by atoms with Crippen LogP contribution in [0.1, 0.15) is 0 Å². The second kappa shape index (κ2) is 14.7. The number of hydrogen-bond donors (Lipinski definition) is 0. The lowest BCUT2D eigenvalue weighted by molar-refractivity contribution is 0.487. The molecule has 0 N–H and O–H groups in total. The van der Waals surface area contributed by atoms with Crippen LogP contribution >= 0.6 is 0 Å². The van der Waals surface area contributed by atoms with E-state index >= 15 is 0 Å². The van der Waals surface area contributed by atoms with Crippen molar-refractivity contribution in [2.45, 2.75) is 0 Å². The SMILES string of the molecule is c1ccc(-c2cc(-c3ccc4c(c3)-c3cc5oc6ccccc6c5cc3Oc3ccccc3-c3ccccc3-c3ccccc3-4)nc(-c3ccc(-c4cccnc4)cc3)n2)cc1. The van der Waals surface area contributed by atoms with E-state index in [4.69, 9.17) is 19.1 Å². The number of para-hydroxylation sites is 2. The van der Waals surface area contributed by atoms with Gasteiger partial charge in [-0.05, 0) is 87.0 Å². The lowest BCUT2D eigenvalue weighted by Gasteiger charge is -2.18. The molecule has 4 heterocycles. The fraction of sp³-hybridized carbons (Fsp3) is 0. The van der Waals surface area contributed by atoms with Crippen molar-refractivity contribution in [1.29, 1.82) is 0 Å². The molecule has 5 heteroatoms. The molecule has 0 saturated heterocycles. The summed E-state index contributed by atoms with van der Waals surface area (Å²) < 4.78 is 13.8. The van der Waals surface area contributed by atoms with Gasteiger partial charge in [0.05, 0.1) is 11.4 Å². The Bertz CT molecular complexity index is 3490. The van der Waals surface area contributed by atoms with Gasteiger partial charge in [0, 0.05) is 51.0 Å². The number of furan rings is 1. The van der Waals surface area contributed by atoms with Crippen LogP contribution in [0, 0.1) is 0 Å². The second-order valence-corrected chi connectivity index (χ2v) is 15.5. The van der Waals surface area contributed by atoms with Crippen LogP contribution in [0.4, 0.5) is 0 Å². The number of fused-ring (bicyclic) bond motifs is 12. The van der Waals surface area contributed by atoms with Gasteiger partial charge in [0.1, 0.15) is 22.7 Å². The van der Waals surface area contributed by atoms with E-state index in [2.05, 4.69) is 157 Å². The zero-order chi connectivity index (χ0) is 41.0. The Kier molecular flexibility index (Phi) is 8.42. The van der Waals surface area contributed by atoms with E-state index in [1.807, 2.05) is 54.7 Å². The molecule has 0 spiro atoms. The van der Waals surface area contributed by atoms with E-state index in [1.54, 1.807) is 6.20 Å². The normalized spacial score (nSPS) is 11.7. The molecule has 1 aliphatic heterocycles. The topological polar surface area (TPSA) is 61.0 Å². The minimum atomic E-state index is 0.641. The Hall–Kier alpha value is -8.41. The molecule has 0 atom stereocenters. The highest BCUT2D eigenvalue weighted by atomic mass is 16.5. The Morgan fingerprint density at radius 3 is 1.66 bits per heavy atom. The first-order valence-corrected chi connectivity index (χ1v) is 20.7. The van der Waals surface area contributed by atoms with Crippen molar-refractivity contribution in [2.75, 3.05) is 0 Å². The van der Waals surface area contributed by atoms with Crippen LogP contribution in [0.2, 0.25) is 0 Å². The van der Waals surface area contributed by atoms with Crippen LogP contribution in [-0.4, -0.2) is 15.0 Å². The fourth-order valence-electron chi connectivity index (χ4n) is 8.84. The molecule has 1 aliphatic rings. The molecule has 11 aromatic rings. The maximum Gasteiger partial charge on any atom is 0.160 e. The Morgan fingerprint density at radius 2 is 0.919 bits per heavy atom. The monoisotopic (exact) mass is 793 g/mol. The summed E-state index contributed by atoms with van der Waals surface area (Å²) in [5.74, 6) is 2.14. The van der Waals surface area contributed by atoms with Crippen LogP contribution < -0.4 is 4.74 Å². The standard InChI is InChI=1S/C57H35N3O2/c1-2-13-37(14-3-1)51-34-52(60-57(59-51)38-26-24-36(25-27-38)40-15-12-30-58-35-40)39-28-29-45-43-18-5-4-16-41(43)42-17-6-7-19-44(42)46-20-8-10-22-53(46)61-56-32-49-47-21-9-11-23-54(47)62-55(49)33-50(56)48(45)31-39/h1-35H. The van der Waals surface area contributed by atoms with E-state index < -0.39 is 0 Å². The van der Waals surface area contributed by atoms with Gasteiger partial charge in [0.25, 0.3) is 0 Å². The minimum absolute atomic E-state index is 0.641. The zero-order valence-electron chi connectivity index (χ0n) is 33.4. The third kappa shape index (κ3) is 6.14. The van der Waals surface area contributed by atoms with Crippen molar-refractivity contribution in [3.63, 3.8) is 0 Å². The first-order valence-electron chi connectivity index (χ1n) is 20.7. The Morgan fingerprint density at radius 1 is 0.323 bits per heavy atom. The molecule has 0 aliphatic carbocycles. The smallest absolute Gasteiger partial charge is 0.160 e. The molecule has 0 fully saturated rings. The van der Waals surface area contributed by atoms with Crippen molar-refractivity contribution in [3.05, 3.63) is 213 Å². The third-order valence-electron chi connectivity index (χ3n) is 11.8. The molecule has 5 nitrogen and oxygen atoms in total. The number of benzene rings is 8. The molecule has 62 heavy (non-hydrogen) atoms. The number of rotatable bonds is 4. The number of hydrogen-bond acceptors (Lipinski definition) is 5. The van der Waals surface area contributed by atoms with Crippen LogP contribution in [0.25, 0.3) is 111 Å². The molecule has 0 radical (unpaired) electrons. The van der Waals surface area contributed by atoms with Gasteiger partial charge in [-0.2, -0.15) is 0 Å². The van der Waals surface area contributed by atoms with E-state index in [-0.39, 0.29) is 0 Å². The van der Waals surface area contributed by atoms with E-state index in [0.717, 1.165) is 117 Å². The lowest BCUT2D eigenvalue weighted by Crippen LogP contribution is -1.97. The molecule has 3 aromatic heterocycles. The van der Waals surface area contributed by atoms with Gasteiger partial charge < -0.3 is 9.15 Å². The minimum Gasteiger partial charge on any atom is -0.456 e. The average Bonchev–Trinajstić information content (AvgIpc) is 3.71. The van der Waals surface area contributed by atoms with Gasteiger partial charge in [-0.25, -0.2) is 9.97 Å². The highest BCUT2D eigenvalue weighted by Crippen LogP contribution is 2.50. The first-order chi connectivity index (χ1) is 30.7. The molecular weight excluding hydrogens is 759 g/mol. The van der Waals surface area contributed by atoms with Gasteiger partial charge in [-0.1, -0.05) is 158 Å². The summed E-state index contributed by atoms with van der Waals surface area (Å²) in [6.07, 6.45) is 3.67. The molecular formula is C57H35N3O2. The van der Waals surface area contributed by atoms with Crippen molar-refractivity contribution in [2.24, 2.45) is 0 Å².